The standard InChI is InChI=1S/C17H19NO5S/c1-3-24(20,21)15-10-4-12(5-11-15)16(17(18)19)23-14-8-6-13(22-2)7-9-14/h4-11,16H,3H2,1-2H3,(H2,18,19). The van der Waals surface area contributed by atoms with E-state index in [0.29, 0.717) is 17.1 Å². The number of primary amides is 1. The maximum absolute atomic E-state index is 11.8. The van der Waals surface area contributed by atoms with Gasteiger partial charge in [-0.3, -0.25) is 4.79 Å². The smallest absolute Gasteiger partial charge is 0.263 e. The van der Waals surface area contributed by atoms with Gasteiger partial charge in [0.2, 0.25) is 6.10 Å². The van der Waals surface area contributed by atoms with Gasteiger partial charge in [0.15, 0.2) is 9.84 Å². The summed E-state index contributed by atoms with van der Waals surface area (Å²) < 4.78 is 34.4. The van der Waals surface area contributed by atoms with Gasteiger partial charge in [0, 0.05) is 5.56 Å². The fourth-order valence-electron chi connectivity index (χ4n) is 2.10. The van der Waals surface area contributed by atoms with Crippen molar-refractivity contribution in [3.8, 4) is 11.5 Å². The Labute approximate surface area is 141 Å². The van der Waals surface area contributed by atoms with Crippen molar-refractivity contribution in [2.75, 3.05) is 12.9 Å². The number of rotatable bonds is 7. The summed E-state index contributed by atoms with van der Waals surface area (Å²) in [5.41, 5.74) is 5.90. The number of amides is 1. The van der Waals surface area contributed by atoms with E-state index in [9.17, 15) is 13.2 Å². The number of hydrogen-bond donors (Lipinski definition) is 1. The first-order valence-electron chi connectivity index (χ1n) is 7.30. The molecule has 2 aromatic rings. The molecule has 0 aliphatic rings. The van der Waals surface area contributed by atoms with Crippen LogP contribution in [0.3, 0.4) is 0 Å². The lowest BCUT2D eigenvalue weighted by Gasteiger charge is -2.17. The molecule has 1 amide bonds. The third kappa shape index (κ3) is 4.05. The third-order valence-electron chi connectivity index (χ3n) is 3.49. The van der Waals surface area contributed by atoms with Crippen LogP contribution in [0.25, 0.3) is 0 Å². The summed E-state index contributed by atoms with van der Waals surface area (Å²) in [6.07, 6.45) is -1.02. The van der Waals surface area contributed by atoms with Gasteiger partial charge in [-0.2, -0.15) is 0 Å². The third-order valence-corrected chi connectivity index (χ3v) is 5.24. The van der Waals surface area contributed by atoms with Crippen LogP contribution in [0.1, 0.15) is 18.6 Å². The van der Waals surface area contributed by atoms with Crippen LogP contribution >= 0.6 is 0 Å². The summed E-state index contributed by atoms with van der Waals surface area (Å²) in [5, 5.41) is 0. The average Bonchev–Trinajstić information content (AvgIpc) is 2.60. The molecule has 2 aromatic carbocycles. The van der Waals surface area contributed by atoms with Crippen molar-refractivity contribution in [3.63, 3.8) is 0 Å². The van der Waals surface area contributed by atoms with Crippen molar-refractivity contribution in [1.82, 2.24) is 0 Å². The van der Waals surface area contributed by atoms with Crippen LogP contribution < -0.4 is 15.2 Å². The van der Waals surface area contributed by atoms with E-state index in [-0.39, 0.29) is 10.6 Å². The molecule has 0 fully saturated rings. The number of sulfone groups is 1. The van der Waals surface area contributed by atoms with E-state index in [2.05, 4.69) is 0 Å². The van der Waals surface area contributed by atoms with Crippen LogP contribution in [0.2, 0.25) is 0 Å². The van der Waals surface area contributed by atoms with Gasteiger partial charge in [0.1, 0.15) is 11.5 Å². The van der Waals surface area contributed by atoms with Crippen molar-refractivity contribution in [2.24, 2.45) is 5.73 Å². The summed E-state index contributed by atoms with van der Waals surface area (Å²) in [6, 6.07) is 12.7. The van der Waals surface area contributed by atoms with Crippen LogP contribution in [0.15, 0.2) is 53.4 Å². The minimum Gasteiger partial charge on any atom is -0.497 e. The Kier molecular flexibility index (Phi) is 5.46. The quantitative estimate of drug-likeness (QED) is 0.826. The molecule has 0 heterocycles. The van der Waals surface area contributed by atoms with Gasteiger partial charge in [0.05, 0.1) is 17.8 Å². The highest BCUT2D eigenvalue weighted by Gasteiger charge is 2.21. The van der Waals surface area contributed by atoms with Crippen LogP contribution in [0.4, 0.5) is 0 Å². The Morgan fingerprint density at radius 1 is 1.04 bits per heavy atom. The van der Waals surface area contributed by atoms with Crippen molar-refractivity contribution >= 4 is 15.7 Å². The number of nitrogens with two attached hydrogens (primary N) is 1. The molecule has 24 heavy (non-hydrogen) atoms. The second kappa shape index (κ2) is 7.35. The van der Waals surface area contributed by atoms with Crippen LogP contribution in [-0.2, 0) is 14.6 Å². The molecular formula is C17H19NO5S. The Balaban J connectivity index is 2.25. The van der Waals surface area contributed by atoms with Crippen molar-refractivity contribution in [3.05, 3.63) is 54.1 Å². The largest absolute Gasteiger partial charge is 0.497 e. The summed E-state index contributed by atoms with van der Waals surface area (Å²) in [6.45, 7) is 1.57. The molecule has 2 rings (SSSR count). The zero-order valence-corrected chi connectivity index (χ0v) is 14.2. The molecule has 0 bridgehead atoms. The van der Waals surface area contributed by atoms with Gasteiger partial charge >= 0.3 is 0 Å². The molecule has 6 nitrogen and oxygen atoms in total. The summed E-state index contributed by atoms with van der Waals surface area (Å²) in [4.78, 5) is 11.9. The van der Waals surface area contributed by atoms with Crippen molar-refractivity contribution in [1.29, 1.82) is 0 Å². The van der Waals surface area contributed by atoms with E-state index in [1.807, 2.05) is 0 Å². The summed E-state index contributed by atoms with van der Waals surface area (Å²) in [5.74, 6) is 0.447. The fourth-order valence-corrected chi connectivity index (χ4v) is 2.98. The Morgan fingerprint density at radius 3 is 2.04 bits per heavy atom. The predicted octanol–water partition coefficient (Wildman–Crippen LogP) is 2.09. The molecule has 0 aliphatic heterocycles. The lowest BCUT2D eigenvalue weighted by Crippen LogP contribution is -2.26. The Hall–Kier alpha value is -2.54. The molecule has 0 radical (unpaired) electrons. The maximum Gasteiger partial charge on any atom is 0.263 e. The number of benzene rings is 2. The average molecular weight is 349 g/mol. The lowest BCUT2D eigenvalue weighted by molar-refractivity contribution is -0.125. The SMILES string of the molecule is CCS(=O)(=O)c1ccc(C(Oc2ccc(OC)cc2)C(N)=O)cc1. The normalized spacial score (nSPS) is 12.4. The molecule has 0 aliphatic carbocycles. The Bertz CT molecular complexity index is 798. The van der Waals surface area contributed by atoms with Crippen molar-refractivity contribution < 1.29 is 22.7 Å². The van der Waals surface area contributed by atoms with Crippen LogP contribution in [0.5, 0.6) is 11.5 Å². The number of methoxy groups -OCH3 is 1. The molecule has 128 valence electrons. The topological polar surface area (TPSA) is 95.7 Å². The van der Waals surface area contributed by atoms with E-state index >= 15 is 0 Å². The Morgan fingerprint density at radius 2 is 1.58 bits per heavy atom. The monoisotopic (exact) mass is 349 g/mol. The molecule has 0 saturated heterocycles. The number of carbonyl (C=O) groups excluding carboxylic acids is 1. The number of hydrogen-bond acceptors (Lipinski definition) is 5. The van der Waals surface area contributed by atoms with Gasteiger partial charge in [-0.25, -0.2) is 8.42 Å². The zero-order valence-electron chi connectivity index (χ0n) is 13.4. The second-order valence-electron chi connectivity index (χ2n) is 5.05. The van der Waals surface area contributed by atoms with E-state index < -0.39 is 21.8 Å². The molecule has 0 aromatic heterocycles. The van der Waals surface area contributed by atoms with Gasteiger partial charge in [-0.15, -0.1) is 0 Å². The molecule has 0 saturated carbocycles. The second-order valence-corrected chi connectivity index (χ2v) is 7.33. The van der Waals surface area contributed by atoms with E-state index in [1.54, 1.807) is 38.3 Å². The van der Waals surface area contributed by atoms with Crippen LogP contribution in [-0.4, -0.2) is 27.2 Å². The van der Waals surface area contributed by atoms with Gasteiger partial charge in [-0.1, -0.05) is 19.1 Å². The lowest BCUT2D eigenvalue weighted by atomic mass is 10.1. The van der Waals surface area contributed by atoms with Crippen molar-refractivity contribution in [2.45, 2.75) is 17.9 Å². The number of carbonyl (C=O) groups is 1. The summed E-state index contributed by atoms with van der Waals surface area (Å²) in [7, 11) is -1.75. The summed E-state index contributed by atoms with van der Waals surface area (Å²) >= 11 is 0. The minimum atomic E-state index is -3.30. The van der Waals surface area contributed by atoms with Gasteiger partial charge < -0.3 is 15.2 Å². The fraction of sp³-hybridized carbons (Fsp3) is 0.235. The molecule has 7 heteroatoms. The molecule has 1 unspecified atom stereocenters. The molecule has 1 atom stereocenters. The molecular weight excluding hydrogens is 330 g/mol. The maximum atomic E-state index is 11.8. The van der Waals surface area contributed by atoms with E-state index in [1.165, 1.54) is 24.3 Å². The van der Waals surface area contributed by atoms with Gasteiger partial charge in [0.25, 0.3) is 5.91 Å². The first-order chi connectivity index (χ1) is 11.4. The first kappa shape index (κ1) is 17.8. The minimum absolute atomic E-state index is 0.00788. The first-order valence-corrected chi connectivity index (χ1v) is 8.95. The highest BCUT2D eigenvalue weighted by atomic mass is 32.2. The molecule has 2 N–H and O–H groups in total. The number of ether oxygens (including phenoxy) is 2. The molecule has 0 spiro atoms. The van der Waals surface area contributed by atoms with E-state index in [0.717, 1.165) is 0 Å². The van der Waals surface area contributed by atoms with Gasteiger partial charge in [-0.05, 0) is 36.4 Å². The zero-order chi connectivity index (χ0) is 17.7. The predicted molar refractivity (Wildman–Crippen MR) is 89.7 cm³/mol. The highest BCUT2D eigenvalue weighted by Crippen LogP contribution is 2.25. The van der Waals surface area contributed by atoms with Crippen LogP contribution in [0, 0.1) is 0 Å². The highest BCUT2D eigenvalue weighted by molar-refractivity contribution is 7.91. The van der Waals surface area contributed by atoms with E-state index in [4.69, 9.17) is 15.2 Å².